The molecule has 2 N–H and O–H groups in total. The van der Waals surface area contributed by atoms with Crippen LogP contribution in [-0.2, 0) is 14.4 Å². The fourth-order valence-electron chi connectivity index (χ4n) is 4.62. The van der Waals surface area contributed by atoms with Gasteiger partial charge in [0.05, 0.1) is 25.2 Å². The quantitative estimate of drug-likeness (QED) is 0.149. The highest BCUT2D eigenvalue weighted by molar-refractivity contribution is 9.10. The molecule has 0 bridgehead atoms. The molecule has 4 amide bonds. The van der Waals surface area contributed by atoms with Crippen LogP contribution in [0.5, 0.6) is 11.5 Å². The Morgan fingerprint density at radius 1 is 0.911 bits per heavy atom. The number of halogens is 1. The summed E-state index contributed by atoms with van der Waals surface area (Å²) in [7, 11) is 3.03. The minimum absolute atomic E-state index is 0.0323. The van der Waals surface area contributed by atoms with E-state index in [1.807, 2.05) is 0 Å². The van der Waals surface area contributed by atoms with Crippen molar-refractivity contribution in [3.63, 3.8) is 0 Å². The number of methoxy groups -OCH3 is 2. The molecule has 45 heavy (non-hydrogen) atoms. The number of hydrogen-bond donors (Lipinski definition) is 2. The minimum Gasteiger partial charge on any atom is -0.497 e. The number of rotatable bonds is 10. The summed E-state index contributed by atoms with van der Waals surface area (Å²) >= 11 is 4.61. The Morgan fingerprint density at radius 2 is 1.67 bits per heavy atom. The van der Waals surface area contributed by atoms with Gasteiger partial charge in [-0.25, -0.2) is 4.90 Å². The zero-order valence-corrected chi connectivity index (χ0v) is 26.7. The Bertz CT molecular complexity index is 1780. The molecule has 1 atom stereocenters. The summed E-state index contributed by atoms with van der Waals surface area (Å²) < 4.78 is 11.6. The first kappa shape index (κ1) is 31.6. The van der Waals surface area contributed by atoms with E-state index in [1.165, 1.54) is 37.0 Å². The average molecular weight is 687 g/mol. The second-order valence-electron chi connectivity index (χ2n) is 9.82. The van der Waals surface area contributed by atoms with Crippen LogP contribution in [-0.4, -0.2) is 43.1 Å². The molecule has 228 valence electrons. The van der Waals surface area contributed by atoms with Crippen LogP contribution in [0.1, 0.15) is 22.3 Å². The van der Waals surface area contributed by atoms with Gasteiger partial charge in [0.2, 0.25) is 11.8 Å². The number of carbonyl (C=O) groups is 4. The van der Waals surface area contributed by atoms with Crippen LogP contribution in [0.3, 0.4) is 0 Å². The number of carbonyl (C=O) groups excluding carboxylic acids is 4. The molecule has 1 aliphatic rings. The molecule has 4 aromatic carbocycles. The Hall–Kier alpha value is -4.87. The molecular formula is C34H28BrN3O6S. The number of amides is 4. The van der Waals surface area contributed by atoms with E-state index in [2.05, 4.69) is 26.6 Å². The summed E-state index contributed by atoms with van der Waals surface area (Å²) in [5.74, 6) is -0.618. The molecule has 1 fully saturated rings. The molecular weight excluding hydrogens is 658 g/mol. The van der Waals surface area contributed by atoms with Gasteiger partial charge in [0.25, 0.3) is 11.8 Å². The lowest BCUT2D eigenvalue weighted by Crippen LogP contribution is -2.31. The number of benzene rings is 4. The maximum Gasteiger partial charge on any atom is 0.272 e. The van der Waals surface area contributed by atoms with Crippen LogP contribution in [0.15, 0.2) is 112 Å². The molecule has 1 heterocycles. The molecule has 4 aromatic rings. The summed E-state index contributed by atoms with van der Waals surface area (Å²) in [6, 6.07) is 27.6. The average Bonchev–Trinajstić information content (AvgIpc) is 3.33. The summed E-state index contributed by atoms with van der Waals surface area (Å²) in [6.07, 6.45) is 1.56. The number of nitrogens with one attached hydrogen (secondary N) is 2. The number of anilines is 2. The molecule has 0 aromatic heterocycles. The van der Waals surface area contributed by atoms with Gasteiger partial charge in [0, 0.05) is 32.6 Å². The third-order valence-electron chi connectivity index (χ3n) is 6.83. The second kappa shape index (κ2) is 14.3. The molecule has 1 unspecified atom stereocenters. The van der Waals surface area contributed by atoms with Crippen molar-refractivity contribution < 1.29 is 28.7 Å². The highest BCUT2D eigenvalue weighted by atomic mass is 79.9. The van der Waals surface area contributed by atoms with E-state index in [0.29, 0.717) is 38.9 Å². The second-order valence-corrected chi connectivity index (χ2v) is 12.0. The van der Waals surface area contributed by atoms with Crippen molar-refractivity contribution in [1.82, 2.24) is 5.32 Å². The molecule has 0 spiro atoms. The lowest BCUT2D eigenvalue weighted by molar-refractivity contribution is -0.121. The van der Waals surface area contributed by atoms with Crippen molar-refractivity contribution >= 4 is 68.8 Å². The Balaban J connectivity index is 1.37. The van der Waals surface area contributed by atoms with Crippen LogP contribution < -0.4 is 25.0 Å². The normalized spacial score (nSPS) is 14.7. The van der Waals surface area contributed by atoms with Gasteiger partial charge in [-0.2, -0.15) is 0 Å². The van der Waals surface area contributed by atoms with Crippen molar-refractivity contribution in [2.24, 2.45) is 0 Å². The van der Waals surface area contributed by atoms with Crippen LogP contribution >= 0.6 is 27.7 Å². The fraction of sp³-hybridized carbons (Fsp3) is 0.118. The van der Waals surface area contributed by atoms with Crippen LogP contribution in [0.4, 0.5) is 11.4 Å². The Labute approximate surface area is 272 Å². The lowest BCUT2D eigenvalue weighted by Gasteiger charge is -2.15. The van der Waals surface area contributed by atoms with Gasteiger partial charge >= 0.3 is 0 Å². The number of imide groups is 1. The van der Waals surface area contributed by atoms with Crippen LogP contribution in [0.25, 0.3) is 6.08 Å². The van der Waals surface area contributed by atoms with Gasteiger partial charge in [0.15, 0.2) is 0 Å². The van der Waals surface area contributed by atoms with E-state index in [9.17, 15) is 19.2 Å². The standard InChI is InChI=1S/C34H28BrN3O6S/c1-43-26-15-16-29(44-2)22(17-26)18-28(37-32(40)21-7-4-3-5-8-21)33(41)36-24-9-6-10-27(19-24)45-30-20-31(39)38(34(30)42)25-13-11-23(35)12-14-25/h3-19,30H,20H2,1-2H3,(H,36,41)(H,37,40)/b28-18-. The summed E-state index contributed by atoms with van der Waals surface area (Å²) in [4.78, 5) is 54.5. The predicted molar refractivity (Wildman–Crippen MR) is 177 cm³/mol. The largest absolute Gasteiger partial charge is 0.497 e. The number of thioether (sulfide) groups is 1. The summed E-state index contributed by atoms with van der Waals surface area (Å²) in [5.41, 5.74) is 1.81. The van der Waals surface area contributed by atoms with Gasteiger partial charge in [-0.1, -0.05) is 40.2 Å². The lowest BCUT2D eigenvalue weighted by atomic mass is 10.1. The fourth-order valence-corrected chi connectivity index (χ4v) is 5.99. The van der Waals surface area contributed by atoms with Crippen molar-refractivity contribution in [2.45, 2.75) is 16.6 Å². The van der Waals surface area contributed by atoms with E-state index in [-0.39, 0.29) is 23.9 Å². The first-order chi connectivity index (χ1) is 21.7. The van der Waals surface area contributed by atoms with Gasteiger partial charge < -0.3 is 20.1 Å². The highest BCUT2D eigenvalue weighted by Gasteiger charge is 2.40. The third kappa shape index (κ3) is 7.62. The minimum atomic E-state index is -0.617. The number of nitrogens with zero attached hydrogens (tertiary/aromatic N) is 1. The predicted octanol–water partition coefficient (Wildman–Crippen LogP) is 6.30. The highest BCUT2D eigenvalue weighted by Crippen LogP contribution is 2.35. The van der Waals surface area contributed by atoms with Crippen LogP contribution in [0, 0.1) is 0 Å². The number of ether oxygens (including phenoxy) is 2. The summed E-state index contributed by atoms with van der Waals surface area (Å²) in [6.45, 7) is 0. The molecule has 1 saturated heterocycles. The SMILES string of the molecule is COc1ccc(OC)c(/C=C(\NC(=O)c2ccccc2)C(=O)Nc2cccc(SC3CC(=O)N(c4ccc(Br)cc4)C3=O)c2)c1. The van der Waals surface area contributed by atoms with Crippen molar-refractivity contribution in [2.75, 3.05) is 24.4 Å². The van der Waals surface area contributed by atoms with Gasteiger partial charge in [-0.05, 0) is 78.9 Å². The van der Waals surface area contributed by atoms with Gasteiger partial charge in [0.1, 0.15) is 17.2 Å². The zero-order chi connectivity index (χ0) is 31.9. The first-order valence-corrected chi connectivity index (χ1v) is 15.4. The first-order valence-electron chi connectivity index (χ1n) is 13.8. The van der Waals surface area contributed by atoms with E-state index in [4.69, 9.17) is 9.47 Å². The Morgan fingerprint density at radius 3 is 2.38 bits per heavy atom. The molecule has 0 aliphatic carbocycles. The van der Waals surface area contributed by atoms with Crippen molar-refractivity contribution in [1.29, 1.82) is 0 Å². The maximum atomic E-state index is 13.6. The molecule has 9 nitrogen and oxygen atoms in total. The van der Waals surface area contributed by atoms with Gasteiger partial charge in [-0.15, -0.1) is 11.8 Å². The Kier molecular flexibility index (Phi) is 10.0. The van der Waals surface area contributed by atoms with Gasteiger partial charge in [-0.3, -0.25) is 19.2 Å². The van der Waals surface area contributed by atoms with Crippen molar-refractivity contribution in [3.8, 4) is 11.5 Å². The van der Waals surface area contributed by atoms with Crippen molar-refractivity contribution in [3.05, 3.63) is 118 Å². The molecule has 0 saturated carbocycles. The smallest absolute Gasteiger partial charge is 0.272 e. The van der Waals surface area contributed by atoms with E-state index in [0.717, 1.165) is 4.47 Å². The monoisotopic (exact) mass is 685 g/mol. The number of hydrogen-bond acceptors (Lipinski definition) is 7. The molecule has 11 heteroatoms. The van der Waals surface area contributed by atoms with Crippen LogP contribution in [0.2, 0.25) is 0 Å². The molecule has 0 radical (unpaired) electrons. The van der Waals surface area contributed by atoms with E-state index >= 15 is 0 Å². The maximum absolute atomic E-state index is 13.6. The third-order valence-corrected chi connectivity index (χ3v) is 8.53. The van der Waals surface area contributed by atoms with E-state index < -0.39 is 17.1 Å². The molecule has 5 rings (SSSR count). The molecule has 1 aliphatic heterocycles. The zero-order valence-electron chi connectivity index (χ0n) is 24.3. The topological polar surface area (TPSA) is 114 Å². The summed E-state index contributed by atoms with van der Waals surface area (Å²) in [5, 5.41) is 4.94. The van der Waals surface area contributed by atoms with E-state index in [1.54, 1.807) is 97.1 Å².